The summed E-state index contributed by atoms with van der Waals surface area (Å²) in [4.78, 5) is 2.62. The van der Waals surface area contributed by atoms with Crippen molar-refractivity contribution in [3.05, 3.63) is 0 Å². The molecule has 2 nitrogen and oxygen atoms in total. The van der Waals surface area contributed by atoms with Gasteiger partial charge in [0.15, 0.2) is 0 Å². The molecule has 1 aliphatic rings. The van der Waals surface area contributed by atoms with Crippen LogP contribution in [0.2, 0.25) is 0 Å². The van der Waals surface area contributed by atoms with Crippen molar-refractivity contribution in [2.45, 2.75) is 84.2 Å². The smallest absolute Gasteiger partial charge is 0.0107 e. The quantitative estimate of drug-likeness (QED) is 0.668. The van der Waals surface area contributed by atoms with Crippen LogP contribution in [0.5, 0.6) is 0 Å². The van der Waals surface area contributed by atoms with Gasteiger partial charge in [0.1, 0.15) is 0 Å². The molecule has 1 fully saturated rings. The standard InChI is InChI=1S/C17H36N2/c1-5-13-18-17-12-10-8-9-11-15(17)14-19(4)16(6-2)7-3/h15-18H,5-14H2,1-4H3. The third-order valence-corrected chi connectivity index (χ3v) is 4.90. The van der Waals surface area contributed by atoms with Crippen LogP contribution in [0.25, 0.3) is 0 Å². The highest BCUT2D eigenvalue weighted by Crippen LogP contribution is 2.25. The Morgan fingerprint density at radius 2 is 1.74 bits per heavy atom. The molecule has 0 aromatic heterocycles. The van der Waals surface area contributed by atoms with Crippen molar-refractivity contribution in [2.24, 2.45) is 5.92 Å². The van der Waals surface area contributed by atoms with Crippen molar-refractivity contribution in [3.63, 3.8) is 0 Å². The van der Waals surface area contributed by atoms with E-state index in [0.717, 1.165) is 18.0 Å². The molecule has 2 unspecified atom stereocenters. The summed E-state index contributed by atoms with van der Waals surface area (Å²) in [6, 6.07) is 1.54. The molecule has 0 aliphatic heterocycles. The minimum absolute atomic E-state index is 0.763. The van der Waals surface area contributed by atoms with Gasteiger partial charge in [-0.2, -0.15) is 0 Å². The van der Waals surface area contributed by atoms with E-state index >= 15 is 0 Å². The van der Waals surface area contributed by atoms with E-state index in [-0.39, 0.29) is 0 Å². The van der Waals surface area contributed by atoms with Crippen molar-refractivity contribution >= 4 is 0 Å². The molecule has 0 aromatic carbocycles. The normalized spacial score (nSPS) is 24.9. The summed E-state index contributed by atoms with van der Waals surface area (Å²) < 4.78 is 0. The fourth-order valence-corrected chi connectivity index (χ4v) is 3.63. The largest absolute Gasteiger partial charge is 0.314 e. The van der Waals surface area contributed by atoms with E-state index in [1.807, 2.05) is 0 Å². The lowest BCUT2D eigenvalue weighted by Crippen LogP contribution is -2.43. The highest BCUT2D eigenvalue weighted by Gasteiger charge is 2.25. The SMILES string of the molecule is CCCNC1CCCCCC1CN(C)C(CC)CC. The summed E-state index contributed by atoms with van der Waals surface area (Å²) in [7, 11) is 2.33. The third kappa shape index (κ3) is 5.83. The number of nitrogens with zero attached hydrogens (tertiary/aromatic N) is 1. The van der Waals surface area contributed by atoms with E-state index in [1.165, 1.54) is 64.5 Å². The summed E-state index contributed by atoms with van der Waals surface area (Å²) in [5, 5.41) is 3.82. The van der Waals surface area contributed by atoms with E-state index in [2.05, 4.69) is 38.0 Å². The molecule has 0 radical (unpaired) electrons. The van der Waals surface area contributed by atoms with Crippen LogP contribution in [0.3, 0.4) is 0 Å². The lowest BCUT2D eigenvalue weighted by molar-refractivity contribution is 0.169. The monoisotopic (exact) mass is 268 g/mol. The predicted molar refractivity (Wildman–Crippen MR) is 85.7 cm³/mol. The van der Waals surface area contributed by atoms with Gasteiger partial charge in [-0.15, -0.1) is 0 Å². The molecule has 1 N–H and O–H groups in total. The Morgan fingerprint density at radius 3 is 2.37 bits per heavy atom. The van der Waals surface area contributed by atoms with Crippen molar-refractivity contribution in [2.75, 3.05) is 20.1 Å². The van der Waals surface area contributed by atoms with Gasteiger partial charge in [0.25, 0.3) is 0 Å². The van der Waals surface area contributed by atoms with Crippen molar-refractivity contribution in [3.8, 4) is 0 Å². The molecule has 2 heteroatoms. The van der Waals surface area contributed by atoms with Gasteiger partial charge in [-0.3, -0.25) is 0 Å². The molecule has 0 saturated heterocycles. The van der Waals surface area contributed by atoms with Gasteiger partial charge in [0.2, 0.25) is 0 Å². The molecule has 0 amide bonds. The first kappa shape index (κ1) is 17.0. The lowest BCUT2D eigenvalue weighted by atomic mass is 9.93. The maximum absolute atomic E-state index is 3.82. The van der Waals surface area contributed by atoms with Crippen LogP contribution in [0, 0.1) is 5.92 Å². The van der Waals surface area contributed by atoms with E-state index in [0.29, 0.717) is 0 Å². The number of hydrogen-bond acceptors (Lipinski definition) is 2. The van der Waals surface area contributed by atoms with Crippen LogP contribution in [0.1, 0.15) is 72.1 Å². The zero-order valence-electron chi connectivity index (χ0n) is 13.8. The number of nitrogens with one attached hydrogen (secondary N) is 1. The Labute approximate surface area is 121 Å². The molecule has 0 heterocycles. The predicted octanol–water partition coefficient (Wildman–Crippen LogP) is 4.06. The average Bonchev–Trinajstić information content (AvgIpc) is 2.63. The summed E-state index contributed by atoms with van der Waals surface area (Å²) in [6.45, 7) is 9.40. The van der Waals surface area contributed by atoms with Gasteiger partial charge < -0.3 is 10.2 Å². The first-order valence-electron chi connectivity index (χ1n) is 8.66. The molecule has 0 bridgehead atoms. The summed E-state index contributed by atoms with van der Waals surface area (Å²) >= 11 is 0. The maximum atomic E-state index is 3.82. The second kappa shape index (κ2) is 9.77. The Bertz CT molecular complexity index is 213. The highest BCUT2D eigenvalue weighted by atomic mass is 15.1. The Hall–Kier alpha value is -0.0800. The van der Waals surface area contributed by atoms with Gasteiger partial charge in [0, 0.05) is 18.6 Å². The molecule has 0 spiro atoms. The Morgan fingerprint density at radius 1 is 1.05 bits per heavy atom. The van der Waals surface area contributed by atoms with Crippen molar-refractivity contribution < 1.29 is 0 Å². The topological polar surface area (TPSA) is 15.3 Å². The molecule has 1 saturated carbocycles. The van der Waals surface area contributed by atoms with Crippen LogP contribution in [0.4, 0.5) is 0 Å². The van der Waals surface area contributed by atoms with Gasteiger partial charge in [-0.05, 0) is 51.6 Å². The molecule has 1 aliphatic carbocycles. The van der Waals surface area contributed by atoms with Gasteiger partial charge >= 0.3 is 0 Å². The molecule has 0 aromatic rings. The molecule has 1 rings (SSSR count). The third-order valence-electron chi connectivity index (χ3n) is 4.90. The van der Waals surface area contributed by atoms with Crippen molar-refractivity contribution in [1.29, 1.82) is 0 Å². The Kier molecular flexibility index (Phi) is 8.72. The van der Waals surface area contributed by atoms with E-state index in [4.69, 9.17) is 0 Å². The minimum Gasteiger partial charge on any atom is -0.314 e. The van der Waals surface area contributed by atoms with Gasteiger partial charge in [-0.25, -0.2) is 0 Å². The summed E-state index contributed by atoms with van der Waals surface area (Å²) in [5.74, 6) is 0.861. The van der Waals surface area contributed by atoms with Gasteiger partial charge in [0.05, 0.1) is 0 Å². The van der Waals surface area contributed by atoms with Crippen LogP contribution >= 0.6 is 0 Å². The molecule has 114 valence electrons. The van der Waals surface area contributed by atoms with Crippen LogP contribution < -0.4 is 5.32 Å². The van der Waals surface area contributed by atoms with Crippen molar-refractivity contribution in [1.82, 2.24) is 10.2 Å². The van der Waals surface area contributed by atoms with Crippen LogP contribution in [-0.4, -0.2) is 37.1 Å². The van der Waals surface area contributed by atoms with Crippen LogP contribution in [0.15, 0.2) is 0 Å². The molecule has 19 heavy (non-hydrogen) atoms. The lowest BCUT2D eigenvalue weighted by Gasteiger charge is -2.34. The first-order chi connectivity index (χ1) is 9.22. The zero-order valence-corrected chi connectivity index (χ0v) is 13.8. The molecule has 2 atom stereocenters. The fraction of sp³-hybridized carbons (Fsp3) is 1.00. The van der Waals surface area contributed by atoms with E-state index in [1.54, 1.807) is 0 Å². The average molecular weight is 268 g/mol. The van der Waals surface area contributed by atoms with Gasteiger partial charge in [-0.1, -0.05) is 40.0 Å². The van der Waals surface area contributed by atoms with E-state index in [9.17, 15) is 0 Å². The summed E-state index contributed by atoms with van der Waals surface area (Å²) in [5.41, 5.74) is 0. The number of rotatable bonds is 8. The second-order valence-electron chi connectivity index (χ2n) is 6.37. The molecular weight excluding hydrogens is 232 g/mol. The number of hydrogen-bond donors (Lipinski definition) is 1. The van der Waals surface area contributed by atoms with E-state index < -0.39 is 0 Å². The minimum atomic E-state index is 0.763. The maximum Gasteiger partial charge on any atom is 0.0107 e. The molecular formula is C17H36N2. The summed E-state index contributed by atoms with van der Waals surface area (Å²) in [6.07, 6.45) is 10.9. The first-order valence-corrected chi connectivity index (χ1v) is 8.66. The van der Waals surface area contributed by atoms with Crippen LogP contribution in [-0.2, 0) is 0 Å². The zero-order chi connectivity index (χ0) is 14.1. The second-order valence-corrected chi connectivity index (χ2v) is 6.37. The highest BCUT2D eigenvalue weighted by molar-refractivity contribution is 4.82. The fourth-order valence-electron chi connectivity index (χ4n) is 3.63. The Balaban J connectivity index is 2.53.